The SMILES string of the molecule is Cc1nonc1CC(=O)N1CCCC(CNC(=O)c2ccoc2)C1. The number of hydrogen-bond donors (Lipinski definition) is 1. The van der Waals surface area contributed by atoms with Crippen LogP contribution in [0.3, 0.4) is 0 Å². The second-order valence-electron chi connectivity index (χ2n) is 6.04. The molecule has 3 heterocycles. The summed E-state index contributed by atoms with van der Waals surface area (Å²) in [4.78, 5) is 26.2. The van der Waals surface area contributed by atoms with Gasteiger partial charge in [-0.2, -0.15) is 0 Å². The first-order valence-corrected chi connectivity index (χ1v) is 7.99. The first-order valence-electron chi connectivity index (χ1n) is 7.99. The van der Waals surface area contributed by atoms with Gasteiger partial charge >= 0.3 is 0 Å². The summed E-state index contributed by atoms with van der Waals surface area (Å²) in [7, 11) is 0. The van der Waals surface area contributed by atoms with Crippen LogP contribution in [-0.2, 0) is 11.2 Å². The van der Waals surface area contributed by atoms with E-state index in [9.17, 15) is 9.59 Å². The lowest BCUT2D eigenvalue weighted by atomic mass is 9.97. The minimum atomic E-state index is -0.156. The molecule has 1 unspecified atom stereocenters. The highest BCUT2D eigenvalue weighted by Crippen LogP contribution is 2.17. The Morgan fingerprint density at radius 3 is 3.00 bits per heavy atom. The molecule has 1 atom stereocenters. The fourth-order valence-electron chi connectivity index (χ4n) is 2.86. The highest BCUT2D eigenvalue weighted by molar-refractivity contribution is 5.93. The minimum absolute atomic E-state index is 0.0136. The second-order valence-corrected chi connectivity index (χ2v) is 6.04. The van der Waals surface area contributed by atoms with Crippen LogP contribution in [-0.4, -0.2) is 46.7 Å². The Labute approximate surface area is 139 Å². The predicted octanol–water partition coefficient (Wildman–Crippen LogP) is 1.18. The van der Waals surface area contributed by atoms with Crippen LogP contribution in [0.15, 0.2) is 27.6 Å². The summed E-state index contributed by atoms with van der Waals surface area (Å²) in [6.07, 6.45) is 4.99. The van der Waals surface area contributed by atoms with Gasteiger partial charge in [0.05, 0.1) is 18.2 Å². The van der Waals surface area contributed by atoms with Crippen molar-refractivity contribution in [3.8, 4) is 0 Å². The molecule has 8 heteroatoms. The number of carbonyl (C=O) groups excluding carboxylic acids is 2. The Hall–Kier alpha value is -2.64. The average Bonchev–Trinajstić information content (AvgIpc) is 3.25. The summed E-state index contributed by atoms with van der Waals surface area (Å²) in [5.74, 6) is 0.103. The molecule has 0 spiro atoms. The van der Waals surface area contributed by atoms with Gasteiger partial charge in [0.1, 0.15) is 17.7 Å². The van der Waals surface area contributed by atoms with Gasteiger partial charge in [-0.05, 0) is 31.7 Å². The topological polar surface area (TPSA) is 101 Å². The lowest BCUT2D eigenvalue weighted by molar-refractivity contribution is -0.132. The molecule has 1 aliphatic rings. The zero-order valence-electron chi connectivity index (χ0n) is 13.5. The molecule has 0 bridgehead atoms. The number of hydrogen-bond acceptors (Lipinski definition) is 6. The molecule has 0 aromatic carbocycles. The average molecular weight is 332 g/mol. The largest absolute Gasteiger partial charge is 0.472 e. The molecular weight excluding hydrogens is 312 g/mol. The summed E-state index contributed by atoms with van der Waals surface area (Å²) >= 11 is 0. The quantitative estimate of drug-likeness (QED) is 0.882. The molecule has 2 aromatic rings. The summed E-state index contributed by atoms with van der Waals surface area (Å²) < 4.78 is 9.53. The monoisotopic (exact) mass is 332 g/mol. The molecular formula is C16H20N4O4. The van der Waals surface area contributed by atoms with Crippen LogP contribution >= 0.6 is 0 Å². The molecule has 1 N–H and O–H groups in total. The maximum absolute atomic E-state index is 12.4. The van der Waals surface area contributed by atoms with E-state index in [4.69, 9.17) is 4.42 Å². The van der Waals surface area contributed by atoms with Crippen molar-refractivity contribution in [2.45, 2.75) is 26.2 Å². The Morgan fingerprint density at radius 2 is 2.29 bits per heavy atom. The zero-order chi connectivity index (χ0) is 16.9. The van der Waals surface area contributed by atoms with E-state index in [2.05, 4.69) is 20.3 Å². The van der Waals surface area contributed by atoms with Crippen LogP contribution in [0, 0.1) is 12.8 Å². The van der Waals surface area contributed by atoms with Crippen molar-refractivity contribution in [3.63, 3.8) is 0 Å². The molecule has 0 saturated carbocycles. The van der Waals surface area contributed by atoms with Crippen molar-refractivity contribution in [2.75, 3.05) is 19.6 Å². The fraction of sp³-hybridized carbons (Fsp3) is 0.500. The Kier molecular flexibility index (Phi) is 4.93. The lowest BCUT2D eigenvalue weighted by Crippen LogP contribution is -2.44. The number of rotatable bonds is 5. The number of piperidine rings is 1. The van der Waals surface area contributed by atoms with Gasteiger partial charge in [0.15, 0.2) is 0 Å². The molecule has 1 fully saturated rings. The Bertz CT molecular complexity index is 695. The number of furan rings is 1. The van der Waals surface area contributed by atoms with Gasteiger partial charge in [-0.25, -0.2) is 4.63 Å². The second kappa shape index (κ2) is 7.29. The van der Waals surface area contributed by atoms with Crippen LogP contribution in [0.2, 0.25) is 0 Å². The maximum Gasteiger partial charge on any atom is 0.254 e. The lowest BCUT2D eigenvalue weighted by Gasteiger charge is -2.32. The van der Waals surface area contributed by atoms with Crippen molar-refractivity contribution in [3.05, 3.63) is 35.5 Å². The number of carbonyl (C=O) groups is 2. The number of aromatic nitrogens is 2. The minimum Gasteiger partial charge on any atom is -0.472 e. The van der Waals surface area contributed by atoms with E-state index < -0.39 is 0 Å². The third-order valence-corrected chi connectivity index (χ3v) is 4.27. The van der Waals surface area contributed by atoms with Gasteiger partial charge in [-0.15, -0.1) is 0 Å². The van der Waals surface area contributed by atoms with Crippen LogP contribution in [0.25, 0.3) is 0 Å². The van der Waals surface area contributed by atoms with Crippen LogP contribution in [0.1, 0.15) is 34.6 Å². The van der Waals surface area contributed by atoms with Crippen molar-refractivity contribution in [2.24, 2.45) is 5.92 Å². The van der Waals surface area contributed by atoms with Crippen molar-refractivity contribution < 1.29 is 18.6 Å². The van der Waals surface area contributed by atoms with Crippen molar-refractivity contribution >= 4 is 11.8 Å². The van der Waals surface area contributed by atoms with Gasteiger partial charge in [0.25, 0.3) is 5.91 Å². The molecule has 0 radical (unpaired) electrons. The maximum atomic E-state index is 12.4. The van der Waals surface area contributed by atoms with Gasteiger partial charge < -0.3 is 14.6 Å². The van der Waals surface area contributed by atoms with E-state index in [-0.39, 0.29) is 24.2 Å². The van der Waals surface area contributed by atoms with Crippen LogP contribution in [0.5, 0.6) is 0 Å². The molecule has 2 amide bonds. The molecule has 0 aliphatic carbocycles. The molecule has 128 valence electrons. The summed E-state index contributed by atoms with van der Waals surface area (Å²) in [5, 5.41) is 10.3. The number of nitrogens with zero attached hydrogens (tertiary/aromatic N) is 3. The van der Waals surface area contributed by atoms with Gasteiger partial charge in [-0.3, -0.25) is 9.59 Å². The summed E-state index contributed by atoms with van der Waals surface area (Å²) in [6, 6.07) is 1.63. The fourth-order valence-corrected chi connectivity index (χ4v) is 2.86. The number of nitrogens with one attached hydrogen (secondary N) is 1. The Balaban J connectivity index is 1.49. The molecule has 2 aromatic heterocycles. The van der Waals surface area contributed by atoms with E-state index >= 15 is 0 Å². The first-order chi connectivity index (χ1) is 11.6. The highest BCUT2D eigenvalue weighted by Gasteiger charge is 2.25. The Morgan fingerprint density at radius 1 is 1.42 bits per heavy atom. The van der Waals surface area contributed by atoms with Crippen molar-refractivity contribution in [1.82, 2.24) is 20.5 Å². The van der Waals surface area contributed by atoms with Crippen LogP contribution in [0.4, 0.5) is 0 Å². The van der Waals surface area contributed by atoms with E-state index in [1.165, 1.54) is 12.5 Å². The summed E-state index contributed by atoms with van der Waals surface area (Å²) in [5.41, 5.74) is 1.73. The van der Waals surface area contributed by atoms with E-state index in [1.54, 1.807) is 13.0 Å². The van der Waals surface area contributed by atoms with Crippen molar-refractivity contribution in [1.29, 1.82) is 0 Å². The van der Waals surface area contributed by atoms with E-state index in [0.29, 0.717) is 30.0 Å². The smallest absolute Gasteiger partial charge is 0.254 e. The molecule has 1 aliphatic heterocycles. The first kappa shape index (κ1) is 16.2. The van der Waals surface area contributed by atoms with E-state index in [1.807, 2.05) is 4.90 Å². The highest BCUT2D eigenvalue weighted by atomic mass is 16.6. The molecule has 8 nitrogen and oxygen atoms in total. The zero-order valence-corrected chi connectivity index (χ0v) is 13.5. The number of likely N-dealkylation sites (tertiary alicyclic amines) is 1. The van der Waals surface area contributed by atoms with Gasteiger partial charge in [0, 0.05) is 19.6 Å². The van der Waals surface area contributed by atoms with Gasteiger partial charge in [-0.1, -0.05) is 10.3 Å². The van der Waals surface area contributed by atoms with Gasteiger partial charge in [0.2, 0.25) is 5.91 Å². The number of aryl methyl sites for hydroxylation is 1. The van der Waals surface area contributed by atoms with Crippen LogP contribution < -0.4 is 5.32 Å². The third kappa shape index (κ3) is 3.81. The summed E-state index contributed by atoms with van der Waals surface area (Å²) in [6.45, 7) is 3.67. The van der Waals surface area contributed by atoms with E-state index in [0.717, 1.165) is 19.4 Å². The molecule has 24 heavy (non-hydrogen) atoms. The normalized spacial score (nSPS) is 17.7. The predicted molar refractivity (Wildman–Crippen MR) is 83.1 cm³/mol. The molecule has 3 rings (SSSR count). The standard InChI is InChI=1S/C16H20N4O4/c1-11-14(19-24-18-11)7-15(21)20-5-2-3-12(9-20)8-17-16(22)13-4-6-23-10-13/h4,6,10,12H,2-3,5,7-9H2,1H3,(H,17,22). The molecule has 1 saturated heterocycles. The third-order valence-electron chi connectivity index (χ3n) is 4.27. The number of amides is 2.